The number of carbonyl (C=O) groups is 1. The monoisotopic (exact) mass is 354 g/mol. The molecule has 0 fully saturated rings. The van der Waals surface area contributed by atoms with E-state index in [0.29, 0.717) is 33.4 Å². The molecule has 2 heterocycles. The number of pyridine rings is 2. The molecule has 0 saturated carbocycles. The number of fused-ring (bicyclic) bond motifs is 1. The number of carbonyl (C=O) groups excluding carboxylic acids is 1. The number of nitrogens with one attached hydrogen (secondary N) is 1. The van der Waals surface area contributed by atoms with Crippen LogP contribution >= 0.6 is 0 Å². The molecule has 7 N–H and O–H groups in total. The van der Waals surface area contributed by atoms with Crippen molar-refractivity contribution >= 4 is 33.9 Å². The average Bonchev–Trinajstić information content (AvgIpc) is 2.61. The minimum Gasteiger partial charge on any atom is -0.397 e. The number of halogens is 1. The molecule has 0 aliphatic carbocycles. The molecular weight excluding hydrogens is 335 g/mol. The van der Waals surface area contributed by atoms with Crippen LogP contribution in [0.25, 0.3) is 21.9 Å². The number of nitrogen functional groups attached to an aromatic ring is 2. The lowest BCUT2D eigenvalue weighted by Crippen LogP contribution is -2.16. The second kappa shape index (κ2) is 6.93. The Morgan fingerprint density at radius 2 is 1.96 bits per heavy atom. The molecule has 134 valence electrons. The molecule has 26 heavy (non-hydrogen) atoms. The van der Waals surface area contributed by atoms with Gasteiger partial charge in [0.1, 0.15) is 5.82 Å². The summed E-state index contributed by atoms with van der Waals surface area (Å²) >= 11 is 0. The van der Waals surface area contributed by atoms with E-state index in [1.807, 2.05) is 0 Å². The summed E-state index contributed by atoms with van der Waals surface area (Å²) in [5.41, 5.74) is 19.2. The van der Waals surface area contributed by atoms with Crippen LogP contribution in [0.15, 0.2) is 30.7 Å². The maximum Gasteiger partial charge on any atom is 0.226 e. The summed E-state index contributed by atoms with van der Waals surface area (Å²) < 4.78 is 14.8. The van der Waals surface area contributed by atoms with E-state index >= 15 is 0 Å². The Hall–Kier alpha value is -3.26. The van der Waals surface area contributed by atoms with E-state index < -0.39 is 5.82 Å². The first-order valence-corrected chi connectivity index (χ1v) is 8.00. The standard InChI is InChI=1S/C18H19FN6O/c1-9-12(6-23-8-14(9)21)11-4-10-5-15(25-16(26)2-3-20)24-7-13(10)18(22)17(11)19/h4-8H,2-3,20-22H2,1H3,(H,24,25,26). The van der Waals surface area contributed by atoms with Crippen molar-refractivity contribution in [2.75, 3.05) is 23.3 Å². The average molecular weight is 354 g/mol. The quantitative estimate of drug-likeness (QED) is 0.531. The van der Waals surface area contributed by atoms with Crippen LogP contribution in [0.3, 0.4) is 0 Å². The number of nitrogens with zero attached hydrogens (tertiary/aromatic N) is 2. The Morgan fingerprint density at radius 3 is 2.69 bits per heavy atom. The van der Waals surface area contributed by atoms with E-state index in [9.17, 15) is 9.18 Å². The summed E-state index contributed by atoms with van der Waals surface area (Å²) in [6.45, 7) is 2.03. The number of aromatic nitrogens is 2. The van der Waals surface area contributed by atoms with E-state index in [0.717, 1.165) is 0 Å². The fourth-order valence-electron chi connectivity index (χ4n) is 2.71. The molecule has 0 saturated heterocycles. The molecule has 0 unspecified atom stereocenters. The van der Waals surface area contributed by atoms with Gasteiger partial charge in [-0.15, -0.1) is 0 Å². The zero-order chi connectivity index (χ0) is 18.8. The molecule has 0 aliphatic rings. The van der Waals surface area contributed by atoms with Gasteiger partial charge in [-0.05, 0) is 30.0 Å². The minimum atomic E-state index is -0.560. The normalized spacial score (nSPS) is 10.9. The third-order valence-electron chi connectivity index (χ3n) is 4.18. The van der Waals surface area contributed by atoms with E-state index in [1.165, 1.54) is 12.4 Å². The third kappa shape index (κ3) is 3.14. The Bertz CT molecular complexity index is 1000. The van der Waals surface area contributed by atoms with Crippen molar-refractivity contribution in [2.24, 2.45) is 5.73 Å². The number of benzene rings is 1. The van der Waals surface area contributed by atoms with Crippen LogP contribution in [0.4, 0.5) is 21.6 Å². The van der Waals surface area contributed by atoms with Gasteiger partial charge in [-0.25, -0.2) is 9.37 Å². The van der Waals surface area contributed by atoms with Crippen LogP contribution in [0.1, 0.15) is 12.0 Å². The first kappa shape index (κ1) is 17.6. The zero-order valence-electron chi connectivity index (χ0n) is 14.2. The Labute approximate surface area is 149 Å². The van der Waals surface area contributed by atoms with Crippen LogP contribution < -0.4 is 22.5 Å². The first-order chi connectivity index (χ1) is 12.4. The third-order valence-corrected chi connectivity index (χ3v) is 4.18. The predicted octanol–water partition coefficient (Wildman–Crippen LogP) is 2.20. The van der Waals surface area contributed by atoms with Gasteiger partial charge in [0, 0.05) is 41.9 Å². The SMILES string of the molecule is Cc1c(N)cncc1-c1cc2cc(NC(=O)CCN)ncc2c(N)c1F. The van der Waals surface area contributed by atoms with Gasteiger partial charge in [-0.2, -0.15) is 0 Å². The number of amides is 1. The second-order valence-corrected chi connectivity index (χ2v) is 5.93. The maximum absolute atomic E-state index is 14.8. The van der Waals surface area contributed by atoms with E-state index in [4.69, 9.17) is 17.2 Å². The molecule has 0 aliphatic heterocycles. The zero-order valence-corrected chi connectivity index (χ0v) is 14.2. The van der Waals surface area contributed by atoms with Crippen LogP contribution in [0.5, 0.6) is 0 Å². The largest absolute Gasteiger partial charge is 0.397 e. The van der Waals surface area contributed by atoms with Gasteiger partial charge in [0.2, 0.25) is 5.91 Å². The summed E-state index contributed by atoms with van der Waals surface area (Å²) in [5.74, 6) is -0.462. The van der Waals surface area contributed by atoms with Crippen LogP contribution in [-0.2, 0) is 4.79 Å². The van der Waals surface area contributed by atoms with Gasteiger partial charge in [-0.3, -0.25) is 9.78 Å². The molecule has 3 rings (SSSR count). The summed E-state index contributed by atoms with van der Waals surface area (Å²) in [5, 5.41) is 3.75. The van der Waals surface area contributed by atoms with E-state index in [2.05, 4.69) is 15.3 Å². The first-order valence-electron chi connectivity index (χ1n) is 8.00. The summed E-state index contributed by atoms with van der Waals surface area (Å²) in [6.07, 6.45) is 4.67. The second-order valence-electron chi connectivity index (χ2n) is 5.93. The highest BCUT2D eigenvalue weighted by Gasteiger charge is 2.16. The van der Waals surface area contributed by atoms with Crippen molar-refractivity contribution in [1.29, 1.82) is 0 Å². The Balaban J connectivity index is 2.14. The van der Waals surface area contributed by atoms with Gasteiger partial charge in [0.15, 0.2) is 5.82 Å². The van der Waals surface area contributed by atoms with Crippen LogP contribution in [-0.4, -0.2) is 22.4 Å². The molecule has 2 aromatic heterocycles. The fraction of sp³-hybridized carbons (Fsp3) is 0.167. The lowest BCUT2D eigenvalue weighted by atomic mass is 9.97. The molecule has 7 nitrogen and oxygen atoms in total. The summed E-state index contributed by atoms with van der Waals surface area (Å²) in [4.78, 5) is 19.9. The van der Waals surface area contributed by atoms with Gasteiger partial charge in [0.05, 0.1) is 17.6 Å². The van der Waals surface area contributed by atoms with Gasteiger partial charge >= 0.3 is 0 Å². The number of hydrogen-bond acceptors (Lipinski definition) is 6. The molecule has 1 aromatic carbocycles. The lowest BCUT2D eigenvalue weighted by Gasteiger charge is -2.13. The van der Waals surface area contributed by atoms with Gasteiger partial charge < -0.3 is 22.5 Å². The number of hydrogen-bond donors (Lipinski definition) is 4. The van der Waals surface area contributed by atoms with Crippen LogP contribution in [0, 0.1) is 12.7 Å². The highest BCUT2D eigenvalue weighted by atomic mass is 19.1. The van der Waals surface area contributed by atoms with E-state index in [1.54, 1.807) is 25.3 Å². The van der Waals surface area contributed by atoms with Crippen molar-refractivity contribution in [2.45, 2.75) is 13.3 Å². The summed E-state index contributed by atoms with van der Waals surface area (Å²) in [6, 6.07) is 3.28. The highest BCUT2D eigenvalue weighted by molar-refractivity contribution is 6.00. The molecule has 3 aromatic rings. The molecule has 0 atom stereocenters. The van der Waals surface area contributed by atoms with Crippen molar-refractivity contribution in [3.05, 3.63) is 42.1 Å². The predicted molar refractivity (Wildman–Crippen MR) is 101 cm³/mol. The highest BCUT2D eigenvalue weighted by Crippen LogP contribution is 2.35. The molecule has 0 spiro atoms. The van der Waals surface area contributed by atoms with Crippen molar-refractivity contribution < 1.29 is 9.18 Å². The fourth-order valence-corrected chi connectivity index (χ4v) is 2.71. The number of anilines is 3. The molecule has 0 radical (unpaired) electrons. The topological polar surface area (TPSA) is 133 Å². The Morgan fingerprint density at radius 1 is 1.19 bits per heavy atom. The molecule has 1 amide bonds. The molecule has 0 bridgehead atoms. The van der Waals surface area contributed by atoms with Crippen molar-refractivity contribution in [3.8, 4) is 11.1 Å². The Kier molecular flexibility index (Phi) is 4.68. The number of rotatable bonds is 4. The van der Waals surface area contributed by atoms with Crippen molar-refractivity contribution in [1.82, 2.24) is 9.97 Å². The van der Waals surface area contributed by atoms with E-state index in [-0.39, 0.29) is 30.1 Å². The minimum absolute atomic E-state index is 0.0216. The van der Waals surface area contributed by atoms with Gasteiger partial charge in [-0.1, -0.05) is 0 Å². The lowest BCUT2D eigenvalue weighted by molar-refractivity contribution is -0.116. The van der Waals surface area contributed by atoms with Crippen molar-refractivity contribution in [3.63, 3.8) is 0 Å². The maximum atomic E-state index is 14.8. The number of nitrogens with two attached hydrogens (primary N) is 3. The molecule has 8 heteroatoms. The van der Waals surface area contributed by atoms with Gasteiger partial charge in [0.25, 0.3) is 0 Å². The molecular formula is C18H19FN6O. The smallest absolute Gasteiger partial charge is 0.226 e. The van der Waals surface area contributed by atoms with Crippen LogP contribution in [0.2, 0.25) is 0 Å². The summed E-state index contributed by atoms with van der Waals surface area (Å²) in [7, 11) is 0.